The van der Waals surface area contributed by atoms with Crippen LogP contribution >= 0.6 is 0 Å². The Morgan fingerprint density at radius 1 is 1.48 bits per heavy atom. The molecule has 0 radical (unpaired) electrons. The van der Waals surface area contributed by atoms with Gasteiger partial charge in [0.2, 0.25) is 5.91 Å². The number of rotatable bonds is 8. The van der Waals surface area contributed by atoms with Crippen molar-refractivity contribution < 1.29 is 4.79 Å². The second kappa shape index (κ2) is 9.58. The standard InChI is InChI=1S/C18H26N6O/c1-4-16(11-24(15(3)25)17-8-6-5-7-9-17)23-14(2)20-13-22-18-10-19-12-21-18/h5-9,13,16,19,23H,2,4,10-12H2,1,3H3,(H,20,21,22)/t16-/m0/s1. The molecule has 0 bridgehead atoms. The van der Waals surface area contributed by atoms with E-state index in [4.69, 9.17) is 0 Å². The molecule has 25 heavy (non-hydrogen) atoms. The number of anilines is 1. The van der Waals surface area contributed by atoms with E-state index >= 15 is 0 Å². The second-order valence-electron chi connectivity index (χ2n) is 5.76. The zero-order chi connectivity index (χ0) is 18.1. The molecule has 7 heteroatoms. The molecule has 0 unspecified atom stereocenters. The van der Waals surface area contributed by atoms with Crippen molar-refractivity contribution in [3.05, 3.63) is 42.7 Å². The maximum absolute atomic E-state index is 12.0. The molecule has 1 aliphatic heterocycles. The predicted molar refractivity (Wildman–Crippen MR) is 103 cm³/mol. The number of carbonyl (C=O) groups excluding carboxylic acids is 1. The highest BCUT2D eigenvalue weighted by atomic mass is 16.2. The average molecular weight is 342 g/mol. The van der Waals surface area contributed by atoms with E-state index < -0.39 is 0 Å². The molecule has 1 aliphatic rings. The summed E-state index contributed by atoms with van der Waals surface area (Å²) in [6, 6.07) is 9.73. The summed E-state index contributed by atoms with van der Waals surface area (Å²) in [5, 5.41) is 9.39. The Morgan fingerprint density at radius 3 is 2.84 bits per heavy atom. The smallest absolute Gasteiger partial charge is 0.223 e. The van der Waals surface area contributed by atoms with Gasteiger partial charge in [-0.05, 0) is 18.6 Å². The summed E-state index contributed by atoms with van der Waals surface area (Å²) < 4.78 is 0. The molecule has 1 amide bonds. The number of amides is 1. The molecular weight excluding hydrogens is 316 g/mol. The van der Waals surface area contributed by atoms with Gasteiger partial charge in [0.1, 0.15) is 5.84 Å². The fraction of sp³-hybridized carbons (Fsp3) is 0.389. The van der Waals surface area contributed by atoms with Gasteiger partial charge in [0.05, 0.1) is 25.4 Å². The van der Waals surface area contributed by atoms with E-state index in [9.17, 15) is 4.79 Å². The van der Waals surface area contributed by atoms with Crippen molar-refractivity contribution in [3.8, 4) is 0 Å². The number of nitrogens with one attached hydrogen (secondary N) is 3. The number of hydrogen-bond donors (Lipinski definition) is 3. The number of para-hydroxylation sites is 1. The van der Waals surface area contributed by atoms with Gasteiger partial charge in [0.25, 0.3) is 0 Å². The molecule has 1 aromatic rings. The maximum Gasteiger partial charge on any atom is 0.223 e. The van der Waals surface area contributed by atoms with Gasteiger partial charge in [0.15, 0.2) is 0 Å². The molecule has 2 rings (SSSR count). The third-order valence-corrected chi connectivity index (χ3v) is 3.83. The minimum atomic E-state index is 0.0123. The molecule has 134 valence electrons. The number of carbonyl (C=O) groups is 1. The number of aliphatic imine (C=N–C) groups is 2. The minimum Gasteiger partial charge on any atom is -0.368 e. The Hall–Kier alpha value is -2.67. The summed E-state index contributed by atoms with van der Waals surface area (Å²) in [6.07, 6.45) is 2.43. The molecule has 0 aromatic heterocycles. The Labute approximate surface area is 148 Å². The van der Waals surface area contributed by atoms with E-state index in [1.165, 1.54) is 0 Å². The average Bonchev–Trinajstić information content (AvgIpc) is 3.12. The zero-order valence-corrected chi connectivity index (χ0v) is 14.8. The molecule has 1 heterocycles. The first-order valence-corrected chi connectivity index (χ1v) is 8.42. The van der Waals surface area contributed by atoms with Gasteiger partial charge in [-0.3, -0.25) is 15.1 Å². The van der Waals surface area contributed by atoms with Gasteiger partial charge >= 0.3 is 0 Å². The molecule has 1 atom stereocenters. The lowest BCUT2D eigenvalue weighted by molar-refractivity contribution is -0.116. The van der Waals surface area contributed by atoms with Crippen LogP contribution in [0.25, 0.3) is 0 Å². The van der Waals surface area contributed by atoms with Crippen LogP contribution in [-0.4, -0.2) is 43.9 Å². The largest absolute Gasteiger partial charge is 0.368 e. The molecule has 7 nitrogen and oxygen atoms in total. The molecule has 0 aliphatic carbocycles. The van der Waals surface area contributed by atoms with Crippen molar-refractivity contribution in [1.29, 1.82) is 0 Å². The number of benzene rings is 1. The van der Waals surface area contributed by atoms with Crippen LogP contribution in [0.4, 0.5) is 5.69 Å². The Morgan fingerprint density at radius 2 is 2.24 bits per heavy atom. The van der Waals surface area contributed by atoms with Crippen LogP contribution in [0.15, 0.2) is 52.7 Å². The Kier molecular flexibility index (Phi) is 7.16. The summed E-state index contributed by atoms with van der Waals surface area (Å²) in [4.78, 5) is 22.2. The van der Waals surface area contributed by atoms with E-state index in [0.29, 0.717) is 25.6 Å². The molecule has 0 saturated heterocycles. The highest BCUT2D eigenvalue weighted by Crippen LogP contribution is 2.14. The Bertz CT molecular complexity index is 640. The third kappa shape index (κ3) is 6.04. The number of nitrogens with zero attached hydrogens (tertiary/aromatic N) is 3. The minimum absolute atomic E-state index is 0.0123. The van der Waals surface area contributed by atoms with E-state index in [0.717, 1.165) is 17.9 Å². The second-order valence-corrected chi connectivity index (χ2v) is 5.76. The fourth-order valence-corrected chi connectivity index (χ4v) is 2.45. The number of hydrogen-bond acceptors (Lipinski definition) is 5. The summed E-state index contributed by atoms with van der Waals surface area (Å²) in [7, 11) is 0. The third-order valence-electron chi connectivity index (χ3n) is 3.83. The maximum atomic E-state index is 12.0. The normalized spacial score (nSPS) is 14.9. The summed E-state index contributed by atoms with van der Waals surface area (Å²) in [5.41, 5.74) is 0.891. The van der Waals surface area contributed by atoms with Crippen LogP contribution in [0.3, 0.4) is 0 Å². The van der Waals surface area contributed by atoms with Crippen LogP contribution in [0.1, 0.15) is 20.3 Å². The van der Waals surface area contributed by atoms with Gasteiger partial charge in [-0.25, -0.2) is 4.99 Å². The summed E-state index contributed by atoms with van der Waals surface area (Å²) >= 11 is 0. The first-order chi connectivity index (χ1) is 12.1. The topological polar surface area (TPSA) is 81.1 Å². The molecular formula is C18H26N6O. The zero-order valence-electron chi connectivity index (χ0n) is 14.8. The quantitative estimate of drug-likeness (QED) is 0.493. The van der Waals surface area contributed by atoms with E-state index in [1.54, 1.807) is 18.2 Å². The lowest BCUT2D eigenvalue weighted by atomic mass is 10.2. The van der Waals surface area contributed by atoms with Crippen LogP contribution in [0.2, 0.25) is 0 Å². The van der Waals surface area contributed by atoms with Gasteiger partial charge in [-0.15, -0.1) is 0 Å². The van der Waals surface area contributed by atoms with Gasteiger partial charge in [-0.2, -0.15) is 0 Å². The molecule has 0 saturated carbocycles. The van der Waals surface area contributed by atoms with Gasteiger partial charge in [-0.1, -0.05) is 31.7 Å². The molecule has 0 spiro atoms. The molecule has 3 N–H and O–H groups in total. The summed E-state index contributed by atoms with van der Waals surface area (Å²) in [6.45, 7) is 9.46. The van der Waals surface area contributed by atoms with Gasteiger partial charge in [0, 0.05) is 25.2 Å². The van der Waals surface area contributed by atoms with Crippen molar-refractivity contribution in [1.82, 2.24) is 16.0 Å². The fourth-order valence-electron chi connectivity index (χ4n) is 2.45. The first kappa shape index (κ1) is 18.7. The van der Waals surface area contributed by atoms with E-state index in [-0.39, 0.29) is 11.9 Å². The molecule has 1 aromatic carbocycles. The van der Waals surface area contributed by atoms with Crippen LogP contribution in [0, 0.1) is 0 Å². The Balaban J connectivity index is 1.89. The van der Waals surface area contributed by atoms with Crippen molar-refractivity contribution in [2.75, 3.05) is 24.7 Å². The van der Waals surface area contributed by atoms with Crippen molar-refractivity contribution in [3.63, 3.8) is 0 Å². The SMILES string of the molecule is C=C(NC=NC1=NCNC1)N[C@@H](CC)CN(C(C)=O)c1ccccc1. The van der Waals surface area contributed by atoms with Crippen molar-refractivity contribution in [2.45, 2.75) is 26.3 Å². The summed E-state index contributed by atoms with van der Waals surface area (Å²) in [5.74, 6) is 1.41. The first-order valence-electron chi connectivity index (χ1n) is 8.42. The van der Waals surface area contributed by atoms with E-state index in [1.807, 2.05) is 30.3 Å². The van der Waals surface area contributed by atoms with Gasteiger partial charge < -0.3 is 15.5 Å². The lowest BCUT2D eigenvalue weighted by Crippen LogP contribution is -2.44. The molecule has 0 fully saturated rings. The van der Waals surface area contributed by atoms with Crippen molar-refractivity contribution >= 4 is 23.8 Å². The van der Waals surface area contributed by atoms with Crippen LogP contribution < -0.4 is 20.9 Å². The number of amidine groups is 1. The van der Waals surface area contributed by atoms with E-state index in [2.05, 4.69) is 39.4 Å². The van der Waals surface area contributed by atoms with Crippen LogP contribution in [0.5, 0.6) is 0 Å². The predicted octanol–water partition coefficient (Wildman–Crippen LogP) is 1.46. The lowest BCUT2D eigenvalue weighted by Gasteiger charge is -2.28. The highest BCUT2D eigenvalue weighted by molar-refractivity contribution is 5.92. The highest BCUT2D eigenvalue weighted by Gasteiger charge is 2.17. The van der Waals surface area contributed by atoms with Crippen molar-refractivity contribution in [2.24, 2.45) is 9.98 Å². The van der Waals surface area contributed by atoms with Crippen LogP contribution in [-0.2, 0) is 4.79 Å². The monoisotopic (exact) mass is 342 g/mol.